The van der Waals surface area contributed by atoms with Gasteiger partial charge in [0.25, 0.3) is 0 Å². The molecule has 0 saturated carbocycles. The highest BCUT2D eigenvalue weighted by Crippen LogP contribution is 1.95. The maximum Gasteiger partial charge on any atom is 0.226 e. The molecule has 0 amide bonds. The highest BCUT2D eigenvalue weighted by Gasteiger charge is 2.17. The van der Waals surface area contributed by atoms with Gasteiger partial charge >= 0.3 is 0 Å². The lowest BCUT2D eigenvalue weighted by molar-refractivity contribution is 0.580. The predicted molar refractivity (Wildman–Crippen MR) is 54.1 cm³/mol. The van der Waals surface area contributed by atoms with E-state index in [4.69, 9.17) is 0 Å². The first-order valence-electron chi connectivity index (χ1n) is 3.91. The fourth-order valence-corrected chi connectivity index (χ4v) is 3.86. The minimum atomic E-state index is -3.80. The van der Waals surface area contributed by atoms with Crippen LogP contribution >= 0.6 is 0 Å². The van der Waals surface area contributed by atoms with Crippen LogP contribution in [0.4, 0.5) is 0 Å². The minimum Gasteiger partial charge on any atom is -0.347 e. The molecule has 7 nitrogen and oxygen atoms in total. The first-order chi connectivity index (χ1) is 6.79. The third-order valence-electron chi connectivity index (χ3n) is 1.41. The number of nitrogens with one attached hydrogen (secondary N) is 2. The van der Waals surface area contributed by atoms with Crippen molar-refractivity contribution in [2.75, 3.05) is 11.3 Å². The number of H-pyrrole nitrogens is 1. The van der Waals surface area contributed by atoms with Gasteiger partial charge in [-0.15, -0.1) is 0 Å². The monoisotopic (exact) mass is 253 g/mol. The van der Waals surface area contributed by atoms with Crippen LogP contribution in [-0.4, -0.2) is 38.1 Å². The summed E-state index contributed by atoms with van der Waals surface area (Å²) < 4.78 is 46.1. The van der Waals surface area contributed by atoms with Crippen LogP contribution in [0.3, 0.4) is 0 Å². The quantitative estimate of drug-likeness (QED) is 0.687. The lowest BCUT2D eigenvalue weighted by Crippen LogP contribution is -2.29. The fraction of sp³-hybridized carbons (Fsp3) is 0.500. The Labute approximate surface area is 87.9 Å². The second-order valence-electron chi connectivity index (χ2n) is 3.06. The molecule has 0 atom stereocenters. The molecule has 15 heavy (non-hydrogen) atoms. The summed E-state index contributed by atoms with van der Waals surface area (Å²) in [5.41, 5.74) is 0.562. The van der Waals surface area contributed by atoms with E-state index in [-0.39, 0.29) is 6.54 Å². The van der Waals surface area contributed by atoms with Crippen molar-refractivity contribution in [3.63, 3.8) is 0 Å². The van der Waals surface area contributed by atoms with Gasteiger partial charge in [-0.1, -0.05) is 0 Å². The summed E-state index contributed by atoms with van der Waals surface area (Å²) in [7, 11) is -7.35. The van der Waals surface area contributed by atoms with Crippen LogP contribution in [0.2, 0.25) is 0 Å². The molecule has 0 fully saturated rings. The standard InChI is InChI=1S/C6H11N3O4S2/c1-14(10,11)5-15(12,13)9-3-6-2-7-4-8-6/h2,4,9H,3,5H2,1H3,(H,7,8). The summed E-state index contributed by atoms with van der Waals surface area (Å²) in [5, 5.41) is -0.909. The van der Waals surface area contributed by atoms with Crippen LogP contribution in [0.25, 0.3) is 0 Å². The third kappa shape index (κ3) is 4.91. The Kier molecular flexibility index (Phi) is 3.47. The molecule has 0 aromatic carbocycles. The number of aromatic nitrogens is 2. The molecular formula is C6H11N3O4S2. The van der Waals surface area contributed by atoms with E-state index in [9.17, 15) is 16.8 Å². The number of hydrogen-bond acceptors (Lipinski definition) is 5. The largest absolute Gasteiger partial charge is 0.347 e. The topological polar surface area (TPSA) is 109 Å². The van der Waals surface area contributed by atoms with E-state index in [1.165, 1.54) is 12.5 Å². The summed E-state index contributed by atoms with van der Waals surface area (Å²) in [6.45, 7) is -0.00213. The SMILES string of the molecule is CS(=O)(=O)CS(=O)(=O)NCc1cnc[nH]1. The number of nitrogens with zero attached hydrogens (tertiary/aromatic N) is 1. The van der Waals surface area contributed by atoms with E-state index < -0.39 is 24.9 Å². The van der Waals surface area contributed by atoms with E-state index in [2.05, 4.69) is 14.7 Å². The molecular weight excluding hydrogens is 242 g/mol. The number of sulfonamides is 1. The van der Waals surface area contributed by atoms with Gasteiger partial charge < -0.3 is 4.98 Å². The summed E-state index contributed by atoms with van der Waals surface area (Å²) in [5.74, 6) is 0. The molecule has 1 rings (SSSR count). The Morgan fingerprint density at radius 1 is 1.40 bits per heavy atom. The van der Waals surface area contributed by atoms with Crippen molar-refractivity contribution in [3.8, 4) is 0 Å². The second kappa shape index (κ2) is 4.29. The highest BCUT2D eigenvalue weighted by atomic mass is 32.3. The summed E-state index contributed by atoms with van der Waals surface area (Å²) in [6, 6.07) is 0. The number of aromatic amines is 1. The first kappa shape index (κ1) is 12.1. The van der Waals surface area contributed by atoms with Crippen molar-refractivity contribution in [2.24, 2.45) is 0 Å². The average molecular weight is 253 g/mol. The molecule has 1 heterocycles. The molecule has 1 aromatic heterocycles. The zero-order valence-corrected chi connectivity index (χ0v) is 9.60. The van der Waals surface area contributed by atoms with E-state index in [0.29, 0.717) is 5.69 Å². The molecule has 0 aliphatic carbocycles. The Balaban J connectivity index is 2.59. The Morgan fingerprint density at radius 2 is 2.07 bits per heavy atom. The Hall–Kier alpha value is -0.930. The minimum absolute atomic E-state index is 0.00213. The van der Waals surface area contributed by atoms with Gasteiger partial charge in [0.05, 0.1) is 12.9 Å². The second-order valence-corrected chi connectivity index (χ2v) is 7.37. The van der Waals surface area contributed by atoms with Crippen LogP contribution in [-0.2, 0) is 26.4 Å². The van der Waals surface area contributed by atoms with Gasteiger partial charge in [0.2, 0.25) is 10.0 Å². The van der Waals surface area contributed by atoms with Crippen molar-refractivity contribution >= 4 is 19.9 Å². The molecule has 0 spiro atoms. The van der Waals surface area contributed by atoms with Crippen molar-refractivity contribution in [3.05, 3.63) is 18.2 Å². The first-order valence-corrected chi connectivity index (χ1v) is 7.62. The van der Waals surface area contributed by atoms with Crippen LogP contribution in [0, 0.1) is 0 Å². The van der Waals surface area contributed by atoms with E-state index in [1.54, 1.807) is 0 Å². The van der Waals surface area contributed by atoms with E-state index >= 15 is 0 Å². The van der Waals surface area contributed by atoms with Gasteiger partial charge in [0.15, 0.2) is 14.9 Å². The molecule has 0 aliphatic rings. The van der Waals surface area contributed by atoms with Crippen molar-refractivity contribution < 1.29 is 16.8 Å². The van der Waals surface area contributed by atoms with Crippen molar-refractivity contribution in [1.82, 2.24) is 14.7 Å². The molecule has 0 bridgehead atoms. The molecule has 2 N–H and O–H groups in total. The van der Waals surface area contributed by atoms with Gasteiger partial charge in [0, 0.05) is 18.1 Å². The maximum absolute atomic E-state index is 11.2. The van der Waals surface area contributed by atoms with Gasteiger partial charge in [-0.3, -0.25) is 0 Å². The Bertz CT molecular complexity index is 503. The molecule has 0 saturated heterocycles. The molecule has 0 aliphatic heterocycles. The lowest BCUT2D eigenvalue weighted by atomic mass is 10.5. The molecule has 0 radical (unpaired) electrons. The predicted octanol–water partition coefficient (Wildman–Crippen LogP) is -1.17. The van der Waals surface area contributed by atoms with Crippen LogP contribution < -0.4 is 4.72 Å². The van der Waals surface area contributed by atoms with Gasteiger partial charge in [-0.05, 0) is 0 Å². The van der Waals surface area contributed by atoms with E-state index in [1.807, 2.05) is 0 Å². The zero-order valence-electron chi connectivity index (χ0n) is 7.97. The van der Waals surface area contributed by atoms with E-state index in [0.717, 1.165) is 6.26 Å². The van der Waals surface area contributed by atoms with Gasteiger partial charge in [-0.25, -0.2) is 26.5 Å². The lowest BCUT2D eigenvalue weighted by Gasteiger charge is -2.03. The smallest absolute Gasteiger partial charge is 0.226 e. The number of sulfone groups is 1. The van der Waals surface area contributed by atoms with Crippen LogP contribution in [0.5, 0.6) is 0 Å². The summed E-state index contributed by atoms with van der Waals surface area (Å²) in [4.78, 5) is 6.37. The number of rotatable bonds is 5. The summed E-state index contributed by atoms with van der Waals surface area (Å²) >= 11 is 0. The highest BCUT2D eigenvalue weighted by molar-refractivity contribution is 8.06. The van der Waals surface area contributed by atoms with Gasteiger partial charge in [0.1, 0.15) is 0 Å². The third-order valence-corrected chi connectivity index (χ3v) is 4.94. The number of hydrogen-bond donors (Lipinski definition) is 2. The normalized spacial score (nSPS) is 12.9. The zero-order chi connectivity index (χ0) is 11.5. The molecule has 86 valence electrons. The molecule has 1 aromatic rings. The van der Waals surface area contributed by atoms with Crippen molar-refractivity contribution in [1.29, 1.82) is 0 Å². The van der Waals surface area contributed by atoms with Crippen LogP contribution in [0.1, 0.15) is 5.69 Å². The van der Waals surface area contributed by atoms with Crippen LogP contribution in [0.15, 0.2) is 12.5 Å². The maximum atomic E-state index is 11.2. The molecule has 9 heteroatoms. The average Bonchev–Trinajstić information content (AvgIpc) is 2.47. The molecule has 0 unspecified atom stereocenters. The number of imidazole rings is 1. The van der Waals surface area contributed by atoms with Crippen molar-refractivity contribution in [2.45, 2.75) is 6.54 Å². The van der Waals surface area contributed by atoms with Gasteiger partial charge in [-0.2, -0.15) is 0 Å². The fourth-order valence-electron chi connectivity index (χ4n) is 0.893. The summed E-state index contributed by atoms with van der Waals surface area (Å²) in [6.07, 6.45) is 3.71. The Morgan fingerprint density at radius 3 is 2.53 bits per heavy atom.